The smallest absolute Gasteiger partial charge is 0.305 e. The van der Waals surface area contributed by atoms with Gasteiger partial charge in [0.2, 0.25) is 11.9 Å². The summed E-state index contributed by atoms with van der Waals surface area (Å²) in [6, 6.07) is 8.04. The molecule has 6 rings (SSSR count). The molecule has 2 N–H and O–H groups in total. The molecule has 0 aliphatic carbocycles. The highest BCUT2D eigenvalue weighted by Crippen LogP contribution is 2.19. The first-order chi connectivity index (χ1) is 19.6. The van der Waals surface area contributed by atoms with Crippen LogP contribution >= 0.6 is 0 Å². The van der Waals surface area contributed by atoms with Crippen molar-refractivity contribution in [3.63, 3.8) is 0 Å². The van der Waals surface area contributed by atoms with E-state index in [1.807, 2.05) is 41.6 Å². The molecule has 206 valence electrons. The second-order valence-corrected chi connectivity index (χ2v) is 9.17. The quantitative estimate of drug-likeness (QED) is 0.288. The molecule has 40 heavy (non-hydrogen) atoms. The summed E-state index contributed by atoms with van der Waals surface area (Å²) in [5, 5.41) is 10.6. The lowest BCUT2D eigenvalue weighted by atomic mass is 10.3. The highest BCUT2D eigenvalue weighted by atomic mass is 16.6. The summed E-state index contributed by atoms with van der Waals surface area (Å²) in [5.74, 6) is 1.29. The third-order valence-electron chi connectivity index (χ3n) is 6.67. The van der Waals surface area contributed by atoms with Gasteiger partial charge >= 0.3 is 5.69 Å². The first kappa shape index (κ1) is 26.5. The number of anilines is 5. The summed E-state index contributed by atoms with van der Waals surface area (Å²) in [4.78, 5) is 43.6. The van der Waals surface area contributed by atoms with Gasteiger partial charge in [0.1, 0.15) is 12.4 Å². The first-order valence-corrected chi connectivity index (χ1v) is 12.9. The minimum Gasteiger partial charge on any atom is -0.396 e. The van der Waals surface area contributed by atoms with Crippen LogP contribution in [-0.4, -0.2) is 87.2 Å². The molecule has 0 bridgehead atoms. The molecule has 0 radical (unpaired) electrons. The van der Waals surface area contributed by atoms with E-state index in [1.165, 1.54) is 18.1 Å². The van der Waals surface area contributed by atoms with E-state index in [-0.39, 0.29) is 5.69 Å². The summed E-state index contributed by atoms with van der Waals surface area (Å²) in [6.45, 7) is 6.99. The summed E-state index contributed by atoms with van der Waals surface area (Å²) >= 11 is 0. The summed E-state index contributed by atoms with van der Waals surface area (Å²) in [6.07, 6.45) is 13.0. The lowest BCUT2D eigenvalue weighted by Gasteiger charge is -2.35. The maximum Gasteiger partial charge on any atom is 0.305 e. The molecule has 0 aromatic carbocycles. The van der Waals surface area contributed by atoms with Gasteiger partial charge in [-0.3, -0.25) is 20.1 Å². The summed E-state index contributed by atoms with van der Waals surface area (Å²) in [7, 11) is 0. The van der Waals surface area contributed by atoms with Crippen LogP contribution in [0.1, 0.15) is 0 Å². The lowest BCUT2D eigenvalue weighted by Crippen LogP contribution is -2.47. The van der Waals surface area contributed by atoms with Gasteiger partial charge in [0.15, 0.2) is 0 Å². The Morgan fingerprint density at radius 2 is 0.950 bits per heavy atom. The molecule has 2 fully saturated rings. The predicted molar refractivity (Wildman–Crippen MR) is 152 cm³/mol. The Kier molecular flexibility index (Phi) is 8.34. The fourth-order valence-electron chi connectivity index (χ4n) is 4.51. The van der Waals surface area contributed by atoms with Crippen molar-refractivity contribution in [1.82, 2.24) is 29.9 Å². The molecular weight excluding hydrogens is 512 g/mol. The number of nitrogen functional groups attached to an aromatic ring is 1. The molecule has 0 unspecified atom stereocenters. The van der Waals surface area contributed by atoms with Gasteiger partial charge in [-0.15, -0.1) is 0 Å². The van der Waals surface area contributed by atoms with Crippen LogP contribution in [0.4, 0.5) is 34.6 Å². The third kappa shape index (κ3) is 6.64. The Balaban J connectivity index is 0.000000162. The maximum absolute atomic E-state index is 10.6. The summed E-state index contributed by atoms with van der Waals surface area (Å²) in [5.41, 5.74) is 8.47. The molecule has 4 aromatic rings. The van der Waals surface area contributed by atoms with Crippen molar-refractivity contribution in [1.29, 1.82) is 0 Å². The Bertz CT molecular complexity index is 1340. The Labute approximate surface area is 231 Å². The number of rotatable bonds is 5. The van der Waals surface area contributed by atoms with Gasteiger partial charge in [0, 0.05) is 88.5 Å². The molecular formula is C26H30N12O2. The molecule has 2 aliphatic rings. The average Bonchev–Trinajstić information content (AvgIpc) is 3.03. The number of hydrogen-bond donors (Lipinski definition) is 1. The Morgan fingerprint density at radius 3 is 1.32 bits per heavy atom. The van der Waals surface area contributed by atoms with Gasteiger partial charge in [-0.1, -0.05) is 0 Å². The minimum atomic E-state index is -0.495. The van der Waals surface area contributed by atoms with E-state index in [2.05, 4.69) is 44.6 Å². The number of nitrogens with two attached hydrogens (primary N) is 1. The minimum absolute atomic E-state index is 0.0887. The number of aromatic nitrogens is 6. The van der Waals surface area contributed by atoms with Crippen LogP contribution in [-0.2, 0) is 0 Å². The maximum atomic E-state index is 10.6. The van der Waals surface area contributed by atoms with Crippen LogP contribution in [0, 0.1) is 10.1 Å². The molecule has 4 aromatic heterocycles. The molecule has 2 aliphatic heterocycles. The molecule has 2 saturated heterocycles. The van der Waals surface area contributed by atoms with Gasteiger partial charge in [0.25, 0.3) is 0 Å². The second-order valence-electron chi connectivity index (χ2n) is 9.17. The SMILES string of the molecule is Nc1cnc(N2CCN(c3ccncc3)CC2)nc1.O=[N+]([O-])c1cnc(N2CCN(c3ccncc3)CC2)nc1. The first-order valence-electron chi connectivity index (χ1n) is 12.9. The average molecular weight is 543 g/mol. The highest BCUT2D eigenvalue weighted by Gasteiger charge is 2.20. The number of pyridine rings is 2. The lowest BCUT2D eigenvalue weighted by molar-refractivity contribution is -0.385. The van der Waals surface area contributed by atoms with Crippen molar-refractivity contribution in [2.24, 2.45) is 0 Å². The fourth-order valence-corrected chi connectivity index (χ4v) is 4.51. The molecule has 0 saturated carbocycles. The molecule has 0 spiro atoms. The van der Waals surface area contributed by atoms with Gasteiger partial charge in [-0.25, -0.2) is 19.9 Å². The van der Waals surface area contributed by atoms with E-state index in [9.17, 15) is 10.1 Å². The largest absolute Gasteiger partial charge is 0.396 e. The van der Waals surface area contributed by atoms with E-state index in [1.54, 1.807) is 24.8 Å². The molecule has 0 amide bonds. The van der Waals surface area contributed by atoms with Crippen LogP contribution < -0.4 is 25.3 Å². The van der Waals surface area contributed by atoms with Crippen LogP contribution in [0.3, 0.4) is 0 Å². The van der Waals surface area contributed by atoms with E-state index in [4.69, 9.17) is 5.73 Å². The van der Waals surface area contributed by atoms with E-state index >= 15 is 0 Å². The van der Waals surface area contributed by atoms with Crippen molar-refractivity contribution in [3.8, 4) is 0 Å². The van der Waals surface area contributed by atoms with E-state index in [0.717, 1.165) is 64.0 Å². The molecule has 0 atom stereocenters. The van der Waals surface area contributed by atoms with Crippen molar-refractivity contribution < 1.29 is 4.92 Å². The third-order valence-corrected chi connectivity index (χ3v) is 6.67. The van der Waals surface area contributed by atoms with Crippen molar-refractivity contribution in [2.75, 3.05) is 77.7 Å². The number of piperazine rings is 2. The van der Waals surface area contributed by atoms with Crippen LogP contribution in [0.5, 0.6) is 0 Å². The van der Waals surface area contributed by atoms with E-state index < -0.39 is 4.92 Å². The Hall–Kier alpha value is -5.14. The number of nitro groups is 1. The van der Waals surface area contributed by atoms with Crippen molar-refractivity contribution in [2.45, 2.75) is 0 Å². The number of hydrogen-bond acceptors (Lipinski definition) is 13. The Morgan fingerprint density at radius 1 is 0.600 bits per heavy atom. The standard InChI is InChI=1S/C13H14N6O2.C13H16N6/c20-19(21)12-9-15-13(16-10-12)18-7-5-17(6-8-18)11-1-3-14-4-2-11;14-11-9-16-13(17-10-11)19-7-5-18(6-8-19)12-1-3-15-4-2-12/h1-4,9-10H,5-8H2;1-4,9-10H,5-8,14H2. The zero-order valence-corrected chi connectivity index (χ0v) is 21.9. The van der Waals surface area contributed by atoms with Crippen molar-refractivity contribution >= 4 is 34.6 Å². The monoisotopic (exact) mass is 542 g/mol. The zero-order valence-electron chi connectivity index (χ0n) is 21.9. The fraction of sp³-hybridized carbons (Fsp3) is 0.308. The van der Waals surface area contributed by atoms with Gasteiger partial charge in [-0.05, 0) is 24.3 Å². The highest BCUT2D eigenvalue weighted by molar-refractivity contribution is 5.48. The van der Waals surface area contributed by atoms with Gasteiger partial charge in [0.05, 0.1) is 23.0 Å². The predicted octanol–water partition coefficient (Wildman–Crippen LogP) is 1.89. The molecule has 6 heterocycles. The molecule has 14 heteroatoms. The van der Waals surface area contributed by atoms with Crippen LogP contribution in [0.25, 0.3) is 0 Å². The molecule has 14 nitrogen and oxygen atoms in total. The van der Waals surface area contributed by atoms with E-state index in [0.29, 0.717) is 11.6 Å². The van der Waals surface area contributed by atoms with Crippen molar-refractivity contribution in [3.05, 3.63) is 84.0 Å². The normalized spacial score (nSPS) is 15.3. The van der Waals surface area contributed by atoms with Gasteiger partial charge in [-0.2, -0.15) is 0 Å². The topological polar surface area (TPSA) is 159 Å². The summed E-state index contributed by atoms with van der Waals surface area (Å²) < 4.78 is 0. The van der Waals surface area contributed by atoms with Crippen LogP contribution in [0.15, 0.2) is 73.8 Å². The number of nitrogens with zero attached hydrogens (tertiary/aromatic N) is 11. The van der Waals surface area contributed by atoms with Crippen LogP contribution in [0.2, 0.25) is 0 Å². The second kappa shape index (κ2) is 12.6. The zero-order chi connectivity index (χ0) is 27.7. The van der Waals surface area contributed by atoms with Gasteiger partial charge < -0.3 is 25.3 Å².